The molecule has 5 rings (SSSR count). The lowest BCUT2D eigenvalue weighted by molar-refractivity contribution is -0.119. The fourth-order valence-corrected chi connectivity index (χ4v) is 4.74. The number of hydrogen-bond acceptors (Lipinski definition) is 3. The van der Waals surface area contributed by atoms with Gasteiger partial charge in [-0.2, -0.15) is 5.10 Å². The van der Waals surface area contributed by atoms with Crippen LogP contribution in [0.25, 0.3) is 10.9 Å². The molecule has 29 heavy (non-hydrogen) atoms. The molecule has 2 fully saturated rings. The second-order valence-electron chi connectivity index (χ2n) is 8.28. The molecule has 0 bridgehead atoms. The van der Waals surface area contributed by atoms with Crippen LogP contribution in [-0.4, -0.2) is 22.0 Å². The molecular weight excluding hydrogens is 364 g/mol. The average Bonchev–Trinajstić information content (AvgIpc) is 3.31. The quantitative estimate of drug-likeness (QED) is 0.620. The minimum absolute atomic E-state index is 0.131. The Kier molecular flexibility index (Phi) is 4.54. The number of nitrogens with one attached hydrogen (secondary N) is 3. The molecule has 6 nitrogen and oxygen atoms in total. The van der Waals surface area contributed by atoms with Crippen molar-refractivity contribution >= 4 is 28.4 Å². The number of carbonyl (C=O) groups is 2. The molecule has 148 valence electrons. The summed E-state index contributed by atoms with van der Waals surface area (Å²) in [5, 5.41) is 13.8. The lowest BCUT2D eigenvalue weighted by atomic mass is 9.77. The van der Waals surface area contributed by atoms with E-state index in [4.69, 9.17) is 0 Å². The Balaban J connectivity index is 1.21. The van der Waals surface area contributed by atoms with Crippen molar-refractivity contribution in [3.05, 3.63) is 59.8 Å². The van der Waals surface area contributed by atoms with E-state index in [0.717, 1.165) is 46.8 Å². The van der Waals surface area contributed by atoms with Gasteiger partial charge in [-0.05, 0) is 61.3 Å². The standard InChI is InChI=1S/C23H24N4O2/c28-22(18-10-15-7-8-16(15)11-18)26-19-5-1-3-14(9-19)12-24-23(29)20-6-2-4-17-13-25-27-21(17)20/h1-6,9,13,15-16,18H,7-8,10-12H2,(H,24,29)(H,25,27)(H,26,28)/t15-,16+,18?. The van der Waals surface area contributed by atoms with Gasteiger partial charge in [-0.1, -0.05) is 24.3 Å². The van der Waals surface area contributed by atoms with Crippen LogP contribution in [0.3, 0.4) is 0 Å². The van der Waals surface area contributed by atoms with E-state index in [1.807, 2.05) is 36.4 Å². The molecule has 0 radical (unpaired) electrons. The predicted octanol–water partition coefficient (Wildman–Crippen LogP) is 3.87. The Morgan fingerprint density at radius 3 is 2.66 bits per heavy atom. The molecule has 1 unspecified atom stereocenters. The zero-order valence-corrected chi connectivity index (χ0v) is 16.2. The number of benzene rings is 2. The summed E-state index contributed by atoms with van der Waals surface area (Å²) in [4.78, 5) is 25.2. The summed E-state index contributed by atoms with van der Waals surface area (Å²) in [6.45, 7) is 0.390. The maximum Gasteiger partial charge on any atom is 0.253 e. The number of fused-ring (bicyclic) bond motifs is 2. The Hall–Kier alpha value is -3.15. The normalized spacial score (nSPS) is 22.7. The van der Waals surface area contributed by atoms with Crippen LogP contribution >= 0.6 is 0 Å². The minimum atomic E-state index is -0.157. The van der Waals surface area contributed by atoms with Crippen LogP contribution in [-0.2, 0) is 11.3 Å². The molecule has 2 amide bonds. The number of anilines is 1. The fourth-order valence-electron chi connectivity index (χ4n) is 4.74. The molecule has 3 N–H and O–H groups in total. The van der Waals surface area contributed by atoms with Crippen molar-refractivity contribution in [2.75, 3.05) is 5.32 Å². The second-order valence-corrected chi connectivity index (χ2v) is 8.28. The number of nitrogens with zero attached hydrogens (tertiary/aromatic N) is 1. The highest BCUT2D eigenvalue weighted by molar-refractivity contribution is 6.05. The first-order valence-corrected chi connectivity index (χ1v) is 10.3. The third kappa shape index (κ3) is 3.50. The first kappa shape index (κ1) is 17.9. The van der Waals surface area contributed by atoms with Gasteiger partial charge < -0.3 is 10.6 Å². The summed E-state index contributed by atoms with van der Waals surface area (Å²) in [5.41, 5.74) is 3.04. The first-order valence-electron chi connectivity index (χ1n) is 10.3. The van der Waals surface area contributed by atoms with Crippen molar-refractivity contribution < 1.29 is 9.59 Å². The molecule has 1 heterocycles. The highest BCUT2D eigenvalue weighted by atomic mass is 16.2. The molecule has 2 aliphatic rings. The number of rotatable bonds is 5. The number of aromatic amines is 1. The molecule has 0 saturated heterocycles. The van der Waals surface area contributed by atoms with Gasteiger partial charge in [0, 0.05) is 23.5 Å². The summed E-state index contributed by atoms with van der Waals surface area (Å²) in [6, 6.07) is 13.2. The molecule has 6 heteroatoms. The fraction of sp³-hybridized carbons (Fsp3) is 0.348. The molecule has 0 spiro atoms. The number of carbonyl (C=O) groups excluding carboxylic acids is 2. The number of para-hydroxylation sites is 1. The topological polar surface area (TPSA) is 86.9 Å². The Labute approximate surface area is 169 Å². The van der Waals surface area contributed by atoms with Gasteiger partial charge in [-0.25, -0.2) is 0 Å². The zero-order valence-electron chi connectivity index (χ0n) is 16.2. The van der Waals surface area contributed by atoms with Crippen LogP contribution in [0.1, 0.15) is 41.6 Å². The monoisotopic (exact) mass is 388 g/mol. The van der Waals surface area contributed by atoms with E-state index in [0.29, 0.717) is 12.1 Å². The Morgan fingerprint density at radius 2 is 1.86 bits per heavy atom. The summed E-state index contributed by atoms with van der Waals surface area (Å²) in [7, 11) is 0. The van der Waals surface area contributed by atoms with Gasteiger partial charge in [-0.3, -0.25) is 14.7 Å². The van der Waals surface area contributed by atoms with Crippen LogP contribution in [0.2, 0.25) is 0 Å². The lowest BCUT2D eigenvalue weighted by Crippen LogP contribution is -2.23. The minimum Gasteiger partial charge on any atom is -0.348 e. The van der Waals surface area contributed by atoms with Gasteiger partial charge in [0.1, 0.15) is 0 Å². The van der Waals surface area contributed by atoms with Crippen molar-refractivity contribution in [2.45, 2.75) is 32.2 Å². The zero-order chi connectivity index (χ0) is 19.8. The van der Waals surface area contributed by atoms with Crippen molar-refractivity contribution in [3.63, 3.8) is 0 Å². The van der Waals surface area contributed by atoms with Crippen molar-refractivity contribution in [1.29, 1.82) is 0 Å². The van der Waals surface area contributed by atoms with Crippen molar-refractivity contribution in [2.24, 2.45) is 17.8 Å². The predicted molar refractivity (Wildman–Crippen MR) is 111 cm³/mol. The van der Waals surface area contributed by atoms with E-state index in [-0.39, 0.29) is 17.7 Å². The van der Waals surface area contributed by atoms with E-state index in [2.05, 4.69) is 20.8 Å². The summed E-state index contributed by atoms with van der Waals surface area (Å²) >= 11 is 0. The summed E-state index contributed by atoms with van der Waals surface area (Å²) < 4.78 is 0. The number of hydrogen-bond donors (Lipinski definition) is 3. The van der Waals surface area contributed by atoms with E-state index in [1.165, 1.54) is 12.8 Å². The maximum absolute atomic E-state index is 12.6. The van der Waals surface area contributed by atoms with Gasteiger partial charge in [-0.15, -0.1) is 0 Å². The number of H-pyrrole nitrogens is 1. The lowest BCUT2D eigenvalue weighted by Gasteiger charge is -2.29. The SMILES string of the molecule is O=C(NCc1cccc(NC(=O)C2C[C@H]3CC[C@H]3C2)c1)c1cccc2cn[nH]c12. The van der Waals surface area contributed by atoms with Crippen LogP contribution in [0.4, 0.5) is 5.69 Å². The second kappa shape index (κ2) is 7.35. The van der Waals surface area contributed by atoms with Gasteiger partial charge in [0.2, 0.25) is 5.91 Å². The molecule has 1 aromatic heterocycles. The molecule has 3 atom stereocenters. The average molecular weight is 388 g/mol. The van der Waals surface area contributed by atoms with E-state index in [9.17, 15) is 9.59 Å². The van der Waals surface area contributed by atoms with Gasteiger partial charge in [0.15, 0.2) is 0 Å². The van der Waals surface area contributed by atoms with E-state index >= 15 is 0 Å². The Bertz CT molecular complexity index is 1060. The van der Waals surface area contributed by atoms with E-state index in [1.54, 1.807) is 12.3 Å². The molecule has 2 aromatic carbocycles. The molecule has 2 saturated carbocycles. The van der Waals surface area contributed by atoms with Crippen LogP contribution in [0, 0.1) is 17.8 Å². The highest BCUT2D eigenvalue weighted by Crippen LogP contribution is 2.49. The van der Waals surface area contributed by atoms with Crippen molar-refractivity contribution in [3.8, 4) is 0 Å². The maximum atomic E-state index is 12.6. The summed E-state index contributed by atoms with van der Waals surface area (Å²) in [6.07, 6.45) is 6.34. The highest BCUT2D eigenvalue weighted by Gasteiger charge is 2.42. The Morgan fingerprint density at radius 1 is 1.07 bits per heavy atom. The molecule has 2 aliphatic carbocycles. The third-order valence-corrected chi connectivity index (χ3v) is 6.49. The molecule has 0 aliphatic heterocycles. The van der Waals surface area contributed by atoms with Crippen LogP contribution < -0.4 is 10.6 Å². The summed E-state index contributed by atoms with van der Waals surface area (Å²) in [5.74, 6) is 1.66. The van der Waals surface area contributed by atoms with Gasteiger partial charge in [0.05, 0.1) is 17.3 Å². The van der Waals surface area contributed by atoms with Gasteiger partial charge >= 0.3 is 0 Å². The first-order chi connectivity index (χ1) is 14.2. The number of aromatic nitrogens is 2. The molecular formula is C23H24N4O2. The van der Waals surface area contributed by atoms with Crippen LogP contribution in [0.15, 0.2) is 48.7 Å². The largest absolute Gasteiger partial charge is 0.348 e. The molecule has 3 aromatic rings. The number of amides is 2. The van der Waals surface area contributed by atoms with Crippen molar-refractivity contribution in [1.82, 2.24) is 15.5 Å². The van der Waals surface area contributed by atoms with E-state index < -0.39 is 0 Å². The smallest absolute Gasteiger partial charge is 0.253 e. The third-order valence-electron chi connectivity index (χ3n) is 6.49. The van der Waals surface area contributed by atoms with Gasteiger partial charge in [0.25, 0.3) is 5.91 Å². The van der Waals surface area contributed by atoms with Crippen LogP contribution in [0.5, 0.6) is 0 Å².